The SMILES string of the molecule is CCCc1cccc2c1C(=O)OC2=O. The molecular formula is C11H10O3. The standard InChI is InChI=1S/C11H10O3/c1-2-4-7-5-3-6-8-9(7)11(13)14-10(8)12/h3,5-6H,2,4H2,1H3. The number of ether oxygens (including phenoxy) is 1. The van der Waals surface area contributed by atoms with Gasteiger partial charge in [0.2, 0.25) is 0 Å². The third-order valence-corrected chi connectivity index (χ3v) is 2.28. The average Bonchev–Trinajstić information content (AvgIpc) is 2.44. The van der Waals surface area contributed by atoms with Crippen LogP contribution in [0.2, 0.25) is 0 Å². The molecule has 0 N–H and O–H groups in total. The first-order valence-corrected chi connectivity index (χ1v) is 4.62. The van der Waals surface area contributed by atoms with Crippen LogP contribution < -0.4 is 0 Å². The van der Waals surface area contributed by atoms with Gasteiger partial charge in [-0.15, -0.1) is 0 Å². The summed E-state index contributed by atoms with van der Waals surface area (Å²) in [6, 6.07) is 5.27. The molecule has 1 aliphatic rings. The molecule has 0 atom stereocenters. The Labute approximate surface area is 81.7 Å². The molecule has 0 amide bonds. The van der Waals surface area contributed by atoms with Gasteiger partial charge in [-0.05, 0) is 18.1 Å². The summed E-state index contributed by atoms with van der Waals surface area (Å²) in [6.45, 7) is 2.03. The maximum atomic E-state index is 11.3. The lowest BCUT2D eigenvalue weighted by Crippen LogP contribution is -2.00. The van der Waals surface area contributed by atoms with E-state index in [1.807, 2.05) is 13.0 Å². The van der Waals surface area contributed by atoms with Crippen LogP contribution in [-0.4, -0.2) is 11.9 Å². The predicted octanol–water partition coefficient (Wildman–Crippen LogP) is 1.95. The van der Waals surface area contributed by atoms with Gasteiger partial charge in [0, 0.05) is 0 Å². The number of carbonyl (C=O) groups excluding carboxylic acids is 2. The highest BCUT2D eigenvalue weighted by atomic mass is 16.6. The minimum atomic E-state index is -0.525. The van der Waals surface area contributed by atoms with Crippen molar-refractivity contribution in [2.45, 2.75) is 19.8 Å². The number of cyclic esters (lactones) is 2. The molecule has 0 saturated carbocycles. The second kappa shape index (κ2) is 3.25. The smallest absolute Gasteiger partial charge is 0.347 e. The van der Waals surface area contributed by atoms with Crippen LogP contribution in [0, 0.1) is 0 Å². The average molecular weight is 190 g/mol. The quantitative estimate of drug-likeness (QED) is 0.528. The van der Waals surface area contributed by atoms with Crippen LogP contribution in [0.3, 0.4) is 0 Å². The number of aryl methyl sites for hydroxylation is 1. The van der Waals surface area contributed by atoms with Crippen molar-refractivity contribution in [3.05, 3.63) is 34.9 Å². The Bertz CT molecular complexity index is 407. The Kier molecular flexibility index (Phi) is 2.08. The van der Waals surface area contributed by atoms with Crippen LogP contribution in [0.5, 0.6) is 0 Å². The molecule has 1 aliphatic heterocycles. The zero-order valence-corrected chi connectivity index (χ0v) is 7.87. The number of carbonyl (C=O) groups is 2. The van der Waals surface area contributed by atoms with Crippen LogP contribution in [0.4, 0.5) is 0 Å². The van der Waals surface area contributed by atoms with Gasteiger partial charge >= 0.3 is 11.9 Å². The lowest BCUT2D eigenvalue weighted by Gasteiger charge is -2.01. The zero-order valence-electron chi connectivity index (χ0n) is 7.87. The highest BCUT2D eigenvalue weighted by molar-refractivity contribution is 6.15. The number of benzene rings is 1. The lowest BCUT2D eigenvalue weighted by atomic mass is 9.99. The molecule has 2 rings (SSSR count). The molecule has 3 heteroatoms. The number of hydrogen-bond donors (Lipinski definition) is 0. The van der Waals surface area contributed by atoms with Gasteiger partial charge in [-0.1, -0.05) is 25.5 Å². The van der Waals surface area contributed by atoms with Gasteiger partial charge in [0.05, 0.1) is 11.1 Å². The van der Waals surface area contributed by atoms with Gasteiger partial charge in [0.15, 0.2) is 0 Å². The van der Waals surface area contributed by atoms with Crippen molar-refractivity contribution in [3.8, 4) is 0 Å². The topological polar surface area (TPSA) is 43.4 Å². The van der Waals surface area contributed by atoms with Gasteiger partial charge in [-0.2, -0.15) is 0 Å². The van der Waals surface area contributed by atoms with Gasteiger partial charge < -0.3 is 4.74 Å². The van der Waals surface area contributed by atoms with E-state index >= 15 is 0 Å². The van der Waals surface area contributed by atoms with Crippen molar-refractivity contribution >= 4 is 11.9 Å². The summed E-state index contributed by atoms with van der Waals surface area (Å²) >= 11 is 0. The molecule has 0 spiro atoms. The molecule has 0 saturated heterocycles. The summed E-state index contributed by atoms with van der Waals surface area (Å²) in [7, 11) is 0. The summed E-state index contributed by atoms with van der Waals surface area (Å²) in [5, 5.41) is 0. The van der Waals surface area contributed by atoms with Crippen molar-refractivity contribution in [3.63, 3.8) is 0 Å². The summed E-state index contributed by atoms with van der Waals surface area (Å²) in [5.74, 6) is -1.03. The van der Waals surface area contributed by atoms with E-state index < -0.39 is 11.9 Å². The Morgan fingerprint density at radius 2 is 2.00 bits per heavy atom. The fourth-order valence-corrected chi connectivity index (χ4v) is 1.68. The second-order valence-electron chi connectivity index (χ2n) is 3.27. The maximum Gasteiger partial charge on any atom is 0.347 e. The predicted molar refractivity (Wildman–Crippen MR) is 50.2 cm³/mol. The number of rotatable bonds is 2. The molecule has 3 nitrogen and oxygen atoms in total. The number of esters is 2. The fourth-order valence-electron chi connectivity index (χ4n) is 1.68. The normalized spacial score (nSPS) is 14.1. The number of hydrogen-bond acceptors (Lipinski definition) is 3. The molecule has 1 aromatic carbocycles. The molecule has 0 aliphatic carbocycles. The van der Waals surface area contributed by atoms with E-state index in [0.717, 1.165) is 18.4 Å². The van der Waals surface area contributed by atoms with E-state index in [9.17, 15) is 9.59 Å². The van der Waals surface area contributed by atoms with E-state index in [4.69, 9.17) is 0 Å². The highest BCUT2D eigenvalue weighted by Gasteiger charge is 2.31. The molecule has 0 bridgehead atoms. The first-order chi connectivity index (χ1) is 6.74. The first kappa shape index (κ1) is 8.94. The third-order valence-electron chi connectivity index (χ3n) is 2.28. The molecule has 72 valence electrons. The van der Waals surface area contributed by atoms with E-state index in [1.54, 1.807) is 12.1 Å². The Morgan fingerprint density at radius 3 is 2.71 bits per heavy atom. The van der Waals surface area contributed by atoms with E-state index in [0.29, 0.717) is 11.1 Å². The molecule has 0 fully saturated rings. The van der Waals surface area contributed by atoms with Crippen molar-refractivity contribution in [2.24, 2.45) is 0 Å². The Morgan fingerprint density at radius 1 is 1.21 bits per heavy atom. The van der Waals surface area contributed by atoms with Gasteiger partial charge in [0.1, 0.15) is 0 Å². The largest absolute Gasteiger partial charge is 0.386 e. The minimum Gasteiger partial charge on any atom is -0.386 e. The highest BCUT2D eigenvalue weighted by Crippen LogP contribution is 2.24. The van der Waals surface area contributed by atoms with Crippen molar-refractivity contribution in [2.75, 3.05) is 0 Å². The monoisotopic (exact) mass is 190 g/mol. The van der Waals surface area contributed by atoms with E-state index in [1.165, 1.54) is 0 Å². The van der Waals surface area contributed by atoms with Gasteiger partial charge in [-0.3, -0.25) is 0 Å². The van der Waals surface area contributed by atoms with E-state index in [2.05, 4.69) is 4.74 Å². The van der Waals surface area contributed by atoms with Crippen LogP contribution in [0.1, 0.15) is 39.6 Å². The fraction of sp³-hybridized carbons (Fsp3) is 0.273. The summed E-state index contributed by atoms with van der Waals surface area (Å²) in [5.41, 5.74) is 1.76. The van der Waals surface area contributed by atoms with Gasteiger partial charge in [0.25, 0.3) is 0 Å². The van der Waals surface area contributed by atoms with Crippen molar-refractivity contribution in [1.29, 1.82) is 0 Å². The molecule has 0 unspecified atom stereocenters. The summed E-state index contributed by atoms with van der Waals surface area (Å²) < 4.78 is 4.54. The van der Waals surface area contributed by atoms with Crippen LogP contribution in [0.25, 0.3) is 0 Å². The second-order valence-corrected chi connectivity index (χ2v) is 3.27. The maximum absolute atomic E-state index is 11.3. The summed E-state index contributed by atoms with van der Waals surface area (Å²) in [6.07, 6.45) is 1.74. The van der Waals surface area contributed by atoms with Crippen LogP contribution in [-0.2, 0) is 11.2 Å². The summed E-state index contributed by atoms with van der Waals surface area (Å²) in [4.78, 5) is 22.5. The van der Waals surface area contributed by atoms with Crippen LogP contribution in [0.15, 0.2) is 18.2 Å². The molecule has 0 radical (unpaired) electrons. The molecule has 1 aromatic rings. The Balaban J connectivity index is 2.56. The molecule has 1 heterocycles. The molecule has 14 heavy (non-hydrogen) atoms. The van der Waals surface area contributed by atoms with Crippen molar-refractivity contribution < 1.29 is 14.3 Å². The van der Waals surface area contributed by atoms with Crippen LogP contribution >= 0.6 is 0 Å². The lowest BCUT2D eigenvalue weighted by molar-refractivity contribution is 0.0443. The Hall–Kier alpha value is -1.64. The molecule has 0 aromatic heterocycles. The zero-order chi connectivity index (χ0) is 10.1. The van der Waals surface area contributed by atoms with E-state index in [-0.39, 0.29) is 0 Å². The molecular weight excluding hydrogens is 180 g/mol. The first-order valence-electron chi connectivity index (χ1n) is 4.62. The minimum absolute atomic E-state index is 0.404. The number of fused-ring (bicyclic) bond motifs is 1. The third kappa shape index (κ3) is 1.21. The van der Waals surface area contributed by atoms with Crippen molar-refractivity contribution in [1.82, 2.24) is 0 Å². The van der Waals surface area contributed by atoms with Gasteiger partial charge in [-0.25, -0.2) is 9.59 Å².